The van der Waals surface area contributed by atoms with Crippen LogP contribution in [0.15, 0.2) is 47.0 Å². The fraction of sp³-hybridized carbons (Fsp3) is 0.348. The van der Waals surface area contributed by atoms with Crippen molar-refractivity contribution < 1.29 is 14.1 Å². The molecule has 1 atom stereocenters. The number of hydrogen-bond donors (Lipinski definition) is 0. The Hall–Kier alpha value is -3.15. The lowest BCUT2D eigenvalue weighted by Gasteiger charge is -2.23. The number of ether oxygens (including phenoxy) is 1. The summed E-state index contributed by atoms with van der Waals surface area (Å²) in [7, 11) is 1.72. The number of hydrogen-bond acceptors (Lipinski definition) is 5. The number of likely N-dealkylation sites (N-methyl/N-ethyl adjacent to an activating group) is 1. The van der Waals surface area contributed by atoms with Gasteiger partial charge < -0.3 is 14.2 Å². The number of carbonyl (C=O) groups is 1. The molecule has 0 spiro atoms. The first-order valence-electron chi connectivity index (χ1n) is 9.76. The second kappa shape index (κ2) is 8.90. The van der Waals surface area contributed by atoms with Crippen LogP contribution in [0.5, 0.6) is 5.75 Å². The Morgan fingerprint density at radius 2 is 1.90 bits per heavy atom. The summed E-state index contributed by atoms with van der Waals surface area (Å²) >= 11 is 0. The van der Waals surface area contributed by atoms with Gasteiger partial charge in [-0.15, -0.1) is 0 Å². The van der Waals surface area contributed by atoms with Crippen LogP contribution in [0.3, 0.4) is 0 Å². The van der Waals surface area contributed by atoms with Crippen LogP contribution in [0.4, 0.5) is 0 Å². The molecule has 6 heteroatoms. The van der Waals surface area contributed by atoms with E-state index in [1.807, 2.05) is 70.2 Å². The zero-order valence-electron chi connectivity index (χ0n) is 17.6. The Labute approximate surface area is 171 Å². The van der Waals surface area contributed by atoms with E-state index in [2.05, 4.69) is 10.1 Å². The van der Waals surface area contributed by atoms with Gasteiger partial charge in [-0.3, -0.25) is 4.79 Å². The van der Waals surface area contributed by atoms with Gasteiger partial charge in [0.05, 0.1) is 6.54 Å². The van der Waals surface area contributed by atoms with Gasteiger partial charge in [-0.05, 0) is 50.5 Å². The molecule has 2 aromatic carbocycles. The lowest BCUT2D eigenvalue weighted by Crippen LogP contribution is -2.39. The normalized spacial score (nSPS) is 11.9. The maximum atomic E-state index is 12.9. The molecule has 0 aliphatic rings. The average Bonchev–Trinajstić information content (AvgIpc) is 3.16. The predicted octanol–water partition coefficient (Wildman–Crippen LogP) is 4.48. The summed E-state index contributed by atoms with van der Waals surface area (Å²) in [6.45, 7) is 8.15. The molecule has 1 unspecified atom stereocenters. The standard InChI is InChI=1S/C23H27N3O3/c1-6-19(28-20-13-16(3)10-11-17(20)4)23(27)26(5)14-21-24-22(25-29-21)18-9-7-8-15(2)12-18/h7-13,19H,6,14H2,1-5H3. The van der Waals surface area contributed by atoms with Gasteiger partial charge in [-0.2, -0.15) is 4.98 Å². The van der Waals surface area contributed by atoms with Crippen LogP contribution in [-0.4, -0.2) is 34.1 Å². The van der Waals surface area contributed by atoms with Gasteiger partial charge >= 0.3 is 0 Å². The summed E-state index contributed by atoms with van der Waals surface area (Å²) in [5.74, 6) is 1.52. The molecular formula is C23H27N3O3. The third kappa shape index (κ3) is 5.02. The Morgan fingerprint density at radius 1 is 1.14 bits per heavy atom. The van der Waals surface area contributed by atoms with Crippen molar-refractivity contribution in [3.63, 3.8) is 0 Å². The minimum atomic E-state index is -0.570. The van der Waals surface area contributed by atoms with E-state index in [1.165, 1.54) is 0 Å². The molecule has 6 nitrogen and oxygen atoms in total. The largest absolute Gasteiger partial charge is 0.480 e. The molecule has 152 valence electrons. The van der Waals surface area contributed by atoms with Crippen LogP contribution in [-0.2, 0) is 11.3 Å². The summed E-state index contributed by atoms with van der Waals surface area (Å²) in [5.41, 5.74) is 4.11. The van der Waals surface area contributed by atoms with E-state index < -0.39 is 6.10 Å². The first-order chi connectivity index (χ1) is 13.9. The second-order valence-electron chi connectivity index (χ2n) is 7.36. The minimum Gasteiger partial charge on any atom is -0.480 e. The Bertz CT molecular complexity index is 997. The van der Waals surface area contributed by atoms with Crippen LogP contribution < -0.4 is 4.74 Å². The van der Waals surface area contributed by atoms with Crippen molar-refractivity contribution in [3.05, 3.63) is 65.0 Å². The zero-order chi connectivity index (χ0) is 21.0. The smallest absolute Gasteiger partial charge is 0.263 e. The highest BCUT2D eigenvalue weighted by molar-refractivity contribution is 5.81. The van der Waals surface area contributed by atoms with Crippen molar-refractivity contribution >= 4 is 5.91 Å². The second-order valence-corrected chi connectivity index (χ2v) is 7.36. The van der Waals surface area contributed by atoms with E-state index in [0.717, 1.165) is 28.0 Å². The number of aryl methyl sites for hydroxylation is 3. The average molecular weight is 393 g/mol. The molecule has 3 rings (SSSR count). The number of amides is 1. The summed E-state index contributed by atoms with van der Waals surface area (Å²) in [4.78, 5) is 18.9. The Morgan fingerprint density at radius 3 is 2.62 bits per heavy atom. The lowest BCUT2D eigenvalue weighted by atomic mass is 10.1. The molecule has 0 N–H and O–H groups in total. The molecule has 0 radical (unpaired) electrons. The topological polar surface area (TPSA) is 68.5 Å². The van der Waals surface area contributed by atoms with Crippen LogP contribution in [0.25, 0.3) is 11.4 Å². The summed E-state index contributed by atoms with van der Waals surface area (Å²) in [6.07, 6.45) is -0.00534. The van der Waals surface area contributed by atoms with E-state index in [-0.39, 0.29) is 12.5 Å². The molecule has 0 fully saturated rings. The van der Waals surface area contributed by atoms with Gasteiger partial charge in [0.25, 0.3) is 5.91 Å². The predicted molar refractivity (Wildman–Crippen MR) is 112 cm³/mol. The Kier molecular flexibility index (Phi) is 6.32. The fourth-order valence-corrected chi connectivity index (χ4v) is 3.04. The number of nitrogens with zero attached hydrogens (tertiary/aromatic N) is 3. The van der Waals surface area contributed by atoms with Crippen LogP contribution in [0, 0.1) is 20.8 Å². The molecule has 0 aliphatic heterocycles. The minimum absolute atomic E-state index is 0.122. The number of aromatic nitrogens is 2. The third-order valence-electron chi connectivity index (χ3n) is 4.75. The van der Waals surface area contributed by atoms with Crippen molar-refractivity contribution in [2.24, 2.45) is 0 Å². The molecule has 29 heavy (non-hydrogen) atoms. The fourth-order valence-electron chi connectivity index (χ4n) is 3.04. The van der Waals surface area contributed by atoms with E-state index in [1.54, 1.807) is 11.9 Å². The summed E-state index contributed by atoms with van der Waals surface area (Å²) in [5, 5.41) is 4.04. The van der Waals surface area contributed by atoms with E-state index in [9.17, 15) is 4.79 Å². The number of carbonyl (C=O) groups excluding carboxylic acids is 1. The molecule has 1 amide bonds. The van der Waals surface area contributed by atoms with Gasteiger partial charge in [-0.1, -0.05) is 48.0 Å². The van der Waals surface area contributed by atoms with Crippen molar-refractivity contribution in [3.8, 4) is 17.1 Å². The highest BCUT2D eigenvalue weighted by atomic mass is 16.5. The van der Waals surface area contributed by atoms with Crippen LogP contribution in [0.2, 0.25) is 0 Å². The highest BCUT2D eigenvalue weighted by Crippen LogP contribution is 2.22. The monoisotopic (exact) mass is 393 g/mol. The third-order valence-corrected chi connectivity index (χ3v) is 4.75. The SMILES string of the molecule is CCC(Oc1cc(C)ccc1C)C(=O)N(C)Cc1nc(-c2cccc(C)c2)no1. The van der Waals surface area contributed by atoms with E-state index in [0.29, 0.717) is 18.1 Å². The van der Waals surface area contributed by atoms with Gasteiger partial charge in [0.1, 0.15) is 5.75 Å². The molecule has 0 saturated heterocycles. The quantitative estimate of drug-likeness (QED) is 0.592. The number of benzene rings is 2. The van der Waals surface area contributed by atoms with Crippen LogP contribution >= 0.6 is 0 Å². The van der Waals surface area contributed by atoms with E-state index >= 15 is 0 Å². The van der Waals surface area contributed by atoms with Crippen molar-refractivity contribution in [2.75, 3.05) is 7.05 Å². The van der Waals surface area contributed by atoms with Gasteiger partial charge in [0.15, 0.2) is 6.10 Å². The molecule has 1 heterocycles. The molecule has 0 aliphatic carbocycles. The molecule has 0 bridgehead atoms. The molecular weight excluding hydrogens is 366 g/mol. The maximum absolute atomic E-state index is 12.9. The maximum Gasteiger partial charge on any atom is 0.263 e. The lowest BCUT2D eigenvalue weighted by molar-refractivity contribution is -0.138. The number of rotatable bonds is 7. The molecule has 3 aromatic rings. The van der Waals surface area contributed by atoms with Crippen molar-refractivity contribution in [1.29, 1.82) is 0 Å². The molecule has 1 aromatic heterocycles. The molecule has 0 saturated carbocycles. The van der Waals surface area contributed by atoms with Crippen LogP contribution in [0.1, 0.15) is 35.9 Å². The van der Waals surface area contributed by atoms with Gasteiger partial charge in [0.2, 0.25) is 11.7 Å². The first kappa shape index (κ1) is 20.6. The Balaban J connectivity index is 1.68. The zero-order valence-corrected chi connectivity index (χ0v) is 17.6. The van der Waals surface area contributed by atoms with E-state index in [4.69, 9.17) is 9.26 Å². The van der Waals surface area contributed by atoms with Gasteiger partial charge in [-0.25, -0.2) is 0 Å². The summed E-state index contributed by atoms with van der Waals surface area (Å²) in [6, 6.07) is 13.9. The summed E-state index contributed by atoms with van der Waals surface area (Å²) < 4.78 is 11.4. The van der Waals surface area contributed by atoms with Crippen molar-refractivity contribution in [2.45, 2.75) is 46.8 Å². The first-order valence-corrected chi connectivity index (χ1v) is 9.76. The van der Waals surface area contributed by atoms with Crippen molar-refractivity contribution in [1.82, 2.24) is 15.0 Å². The highest BCUT2D eigenvalue weighted by Gasteiger charge is 2.24. The van der Waals surface area contributed by atoms with Gasteiger partial charge in [0, 0.05) is 12.6 Å².